The predicted octanol–water partition coefficient (Wildman–Crippen LogP) is 1.22. The van der Waals surface area contributed by atoms with Crippen LogP contribution in [0.4, 0.5) is 0 Å². The molecule has 0 unspecified atom stereocenters. The van der Waals surface area contributed by atoms with E-state index in [1.165, 1.54) is 6.20 Å². The Morgan fingerprint density at radius 3 is 2.94 bits per heavy atom. The van der Waals surface area contributed by atoms with E-state index in [-0.39, 0.29) is 18.4 Å². The molecule has 0 bridgehead atoms. The van der Waals surface area contributed by atoms with E-state index in [2.05, 4.69) is 31.4 Å². The average molecular weight is 414 g/mol. The lowest BCUT2D eigenvalue weighted by Gasteiger charge is -2.35. The molecule has 154 valence electrons. The van der Waals surface area contributed by atoms with Gasteiger partial charge in [0.2, 0.25) is 5.91 Å². The number of likely N-dealkylation sites (tertiary alicyclic amines) is 1. The molecule has 4 aromatic rings. The van der Waals surface area contributed by atoms with Crippen molar-refractivity contribution in [3.63, 3.8) is 0 Å². The fourth-order valence-corrected chi connectivity index (χ4v) is 3.71. The molecule has 0 radical (unpaired) electrons. The number of aromatic amines is 1. The summed E-state index contributed by atoms with van der Waals surface area (Å²) in [5, 5.41) is 16.9. The average Bonchev–Trinajstić information content (AvgIpc) is 3.32. The van der Waals surface area contributed by atoms with E-state index in [9.17, 15) is 9.59 Å². The Morgan fingerprint density at radius 2 is 2.13 bits per heavy atom. The van der Waals surface area contributed by atoms with Crippen LogP contribution in [0.5, 0.6) is 0 Å². The number of aromatic nitrogens is 5. The van der Waals surface area contributed by atoms with Crippen LogP contribution in [0.15, 0.2) is 36.7 Å². The zero-order valence-electron chi connectivity index (χ0n) is 16.7. The van der Waals surface area contributed by atoms with Crippen LogP contribution in [-0.4, -0.2) is 61.1 Å². The number of nitrogens with one attached hydrogen (secondary N) is 2. The maximum Gasteiger partial charge on any atom is 0.255 e. The zero-order chi connectivity index (χ0) is 21.5. The number of aryl methyl sites for hydroxylation is 1. The molecular weight excluding hydrogens is 396 g/mol. The van der Waals surface area contributed by atoms with Gasteiger partial charge >= 0.3 is 0 Å². The molecule has 0 atom stereocenters. The minimum absolute atomic E-state index is 0.121. The highest BCUT2D eigenvalue weighted by atomic mass is 16.2. The second-order valence-corrected chi connectivity index (χ2v) is 7.45. The molecule has 10 nitrogen and oxygen atoms in total. The summed E-state index contributed by atoms with van der Waals surface area (Å²) in [4.78, 5) is 38.4. The maximum atomic E-state index is 12.7. The van der Waals surface area contributed by atoms with Gasteiger partial charge in [0.25, 0.3) is 5.91 Å². The Bertz CT molecular complexity index is 1370. The van der Waals surface area contributed by atoms with E-state index in [0.29, 0.717) is 41.2 Å². The third-order valence-corrected chi connectivity index (χ3v) is 5.44. The molecular formula is C21H18N8O2. The zero-order valence-corrected chi connectivity index (χ0v) is 16.7. The van der Waals surface area contributed by atoms with Crippen LogP contribution >= 0.6 is 0 Å². The molecule has 1 aliphatic rings. The first-order valence-electron chi connectivity index (χ1n) is 9.77. The van der Waals surface area contributed by atoms with Gasteiger partial charge in [-0.05, 0) is 6.07 Å². The fraction of sp³-hybridized carbons (Fsp3) is 0.238. The first-order chi connectivity index (χ1) is 15.0. The van der Waals surface area contributed by atoms with Crippen molar-refractivity contribution in [1.29, 1.82) is 5.26 Å². The summed E-state index contributed by atoms with van der Waals surface area (Å²) >= 11 is 0. The van der Waals surface area contributed by atoms with Gasteiger partial charge in [0.05, 0.1) is 35.8 Å². The van der Waals surface area contributed by atoms with Crippen LogP contribution in [0.2, 0.25) is 0 Å². The van der Waals surface area contributed by atoms with Crippen molar-refractivity contribution in [2.45, 2.75) is 0 Å². The summed E-state index contributed by atoms with van der Waals surface area (Å²) in [7, 11) is 1.86. The molecule has 0 aliphatic carbocycles. The number of nitriles is 1. The number of hydrogen-bond donors (Lipinski definition) is 2. The highest BCUT2D eigenvalue weighted by Gasteiger charge is 2.30. The van der Waals surface area contributed by atoms with Crippen LogP contribution in [0.3, 0.4) is 0 Å². The van der Waals surface area contributed by atoms with Gasteiger partial charge in [-0.3, -0.25) is 14.3 Å². The van der Waals surface area contributed by atoms with Crippen molar-refractivity contribution < 1.29 is 9.59 Å². The normalized spacial score (nSPS) is 13.9. The van der Waals surface area contributed by atoms with Gasteiger partial charge in [-0.2, -0.15) is 10.4 Å². The number of carbonyl (C=O) groups excluding carboxylic acids is 2. The SMILES string of the molecule is Cn1nc(-c2cnc3[nH]cc(C(=O)NCC(=O)N4CC(C#N)C4)c3n2)c2ccccc21. The minimum Gasteiger partial charge on any atom is -0.344 e. The minimum atomic E-state index is -0.422. The Kier molecular flexibility index (Phi) is 4.36. The molecule has 2 N–H and O–H groups in total. The van der Waals surface area contributed by atoms with Gasteiger partial charge in [-0.1, -0.05) is 18.2 Å². The van der Waals surface area contributed by atoms with E-state index in [0.717, 1.165) is 10.9 Å². The van der Waals surface area contributed by atoms with Crippen LogP contribution < -0.4 is 5.32 Å². The van der Waals surface area contributed by atoms with Crippen molar-refractivity contribution in [1.82, 2.24) is 34.9 Å². The summed E-state index contributed by atoms with van der Waals surface area (Å²) in [5.74, 6) is -0.759. The molecule has 2 amide bonds. The molecule has 4 heterocycles. The summed E-state index contributed by atoms with van der Waals surface area (Å²) in [6, 6.07) is 9.93. The standard InChI is InChI=1S/C21H18N8O2/c1-28-16-5-3-2-4-13(16)18(27-28)15-8-24-20-19(26-15)14(7-23-20)21(31)25-9-17(30)29-10-12(6-22)11-29/h2-5,7-8,12H,9-11H2,1H3,(H,23,24)(H,25,31). The molecule has 1 fully saturated rings. The molecule has 5 rings (SSSR count). The van der Waals surface area contributed by atoms with Crippen LogP contribution in [0.1, 0.15) is 10.4 Å². The second-order valence-electron chi connectivity index (χ2n) is 7.45. The summed E-state index contributed by atoms with van der Waals surface area (Å²) in [6.07, 6.45) is 3.15. The first-order valence-corrected chi connectivity index (χ1v) is 9.77. The van der Waals surface area contributed by atoms with Crippen LogP contribution in [0.25, 0.3) is 33.5 Å². The number of carbonyl (C=O) groups is 2. The van der Waals surface area contributed by atoms with Gasteiger partial charge in [0.15, 0.2) is 5.65 Å². The molecule has 1 saturated heterocycles. The Morgan fingerprint density at radius 1 is 1.32 bits per heavy atom. The number of para-hydroxylation sites is 1. The van der Waals surface area contributed by atoms with Crippen molar-refractivity contribution in [3.05, 3.63) is 42.2 Å². The van der Waals surface area contributed by atoms with Crippen LogP contribution in [0, 0.1) is 17.2 Å². The number of fused-ring (bicyclic) bond motifs is 2. The third kappa shape index (κ3) is 3.16. The van der Waals surface area contributed by atoms with E-state index in [4.69, 9.17) is 5.26 Å². The smallest absolute Gasteiger partial charge is 0.255 e. The summed E-state index contributed by atoms with van der Waals surface area (Å²) in [5.41, 5.74) is 3.38. The van der Waals surface area contributed by atoms with Gasteiger partial charge in [0, 0.05) is 31.7 Å². The molecule has 3 aromatic heterocycles. The highest BCUT2D eigenvalue weighted by molar-refractivity contribution is 6.06. The topological polar surface area (TPSA) is 133 Å². The predicted molar refractivity (Wildman–Crippen MR) is 112 cm³/mol. The monoisotopic (exact) mass is 414 g/mol. The molecule has 0 saturated carbocycles. The molecule has 0 spiro atoms. The molecule has 1 aliphatic heterocycles. The van der Waals surface area contributed by atoms with Crippen molar-refractivity contribution >= 4 is 33.9 Å². The molecule has 1 aromatic carbocycles. The van der Waals surface area contributed by atoms with Gasteiger partial charge in [-0.15, -0.1) is 0 Å². The number of rotatable bonds is 4. The lowest BCUT2D eigenvalue weighted by molar-refractivity contribution is -0.135. The van der Waals surface area contributed by atoms with E-state index < -0.39 is 5.91 Å². The Labute approximate surface area is 176 Å². The molecule has 31 heavy (non-hydrogen) atoms. The Balaban J connectivity index is 1.40. The second kappa shape index (κ2) is 7.21. The van der Waals surface area contributed by atoms with Crippen LogP contribution in [-0.2, 0) is 11.8 Å². The Hall–Kier alpha value is -4.26. The quantitative estimate of drug-likeness (QED) is 0.516. The number of nitrogens with zero attached hydrogens (tertiary/aromatic N) is 6. The van der Waals surface area contributed by atoms with Gasteiger partial charge < -0.3 is 15.2 Å². The lowest BCUT2D eigenvalue weighted by Crippen LogP contribution is -2.52. The van der Waals surface area contributed by atoms with Gasteiger partial charge in [0.1, 0.15) is 16.9 Å². The largest absolute Gasteiger partial charge is 0.344 e. The van der Waals surface area contributed by atoms with Crippen molar-refractivity contribution in [2.75, 3.05) is 19.6 Å². The first kappa shape index (κ1) is 18.7. The van der Waals surface area contributed by atoms with Gasteiger partial charge in [-0.25, -0.2) is 9.97 Å². The number of hydrogen-bond acceptors (Lipinski definition) is 6. The summed E-state index contributed by atoms with van der Waals surface area (Å²) in [6.45, 7) is 0.679. The van der Waals surface area contributed by atoms with E-state index >= 15 is 0 Å². The number of benzene rings is 1. The summed E-state index contributed by atoms with van der Waals surface area (Å²) < 4.78 is 1.78. The lowest BCUT2D eigenvalue weighted by atomic mass is 10.0. The van der Waals surface area contributed by atoms with Crippen molar-refractivity contribution in [3.8, 4) is 17.5 Å². The third-order valence-electron chi connectivity index (χ3n) is 5.44. The fourth-order valence-electron chi connectivity index (χ4n) is 3.71. The van der Waals surface area contributed by atoms with E-state index in [1.807, 2.05) is 31.3 Å². The maximum absolute atomic E-state index is 12.7. The van der Waals surface area contributed by atoms with E-state index in [1.54, 1.807) is 15.8 Å². The molecule has 10 heteroatoms. The number of amides is 2. The van der Waals surface area contributed by atoms with Crippen molar-refractivity contribution in [2.24, 2.45) is 13.0 Å². The number of H-pyrrole nitrogens is 1. The highest BCUT2D eigenvalue weighted by Crippen LogP contribution is 2.27.